The van der Waals surface area contributed by atoms with Crippen molar-refractivity contribution in [2.75, 3.05) is 20.2 Å². The summed E-state index contributed by atoms with van der Waals surface area (Å²) in [6.45, 7) is 10.3. The zero-order valence-corrected chi connectivity index (χ0v) is 24.2. The van der Waals surface area contributed by atoms with E-state index < -0.39 is 24.0 Å². The number of ether oxygens (including phenoxy) is 1. The van der Waals surface area contributed by atoms with E-state index in [2.05, 4.69) is 16.5 Å². The molecular formula is C30H34ClF2N3O2S. The van der Waals surface area contributed by atoms with Crippen LogP contribution in [-0.4, -0.2) is 48.8 Å². The number of carbonyl (C=O) groups excluding carboxylic acids is 1. The zero-order chi connectivity index (χ0) is 28.5. The fourth-order valence-electron chi connectivity index (χ4n) is 4.50. The van der Waals surface area contributed by atoms with Crippen LogP contribution in [0.25, 0.3) is 0 Å². The predicted octanol–water partition coefficient (Wildman–Crippen LogP) is 7.78. The van der Waals surface area contributed by atoms with Gasteiger partial charge in [-0.1, -0.05) is 54.2 Å². The van der Waals surface area contributed by atoms with Gasteiger partial charge in [0.25, 0.3) is 0 Å². The minimum absolute atomic E-state index is 0.0143. The molecule has 1 fully saturated rings. The molecule has 9 heteroatoms. The van der Waals surface area contributed by atoms with Crippen molar-refractivity contribution in [2.24, 2.45) is 15.9 Å². The summed E-state index contributed by atoms with van der Waals surface area (Å²) < 4.78 is 32.7. The lowest BCUT2D eigenvalue weighted by molar-refractivity contribution is -0.137. The Kier molecular flexibility index (Phi) is 11.3. The summed E-state index contributed by atoms with van der Waals surface area (Å²) in [6.07, 6.45) is 8.61. The van der Waals surface area contributed by atoms with Crippen LogP contribution in [0.3, 0.4) is 0 Å². The Bertz CT molecular complexity index is 1270. The normalized spacial score (nSPS) is 20.7. The highest BCUT2D eigenvalue weighted by Crippen LogP contribution is 2.45. The second-order valence-corrected chi connectivity index (χ2v) is 10.5. The molecule has 2 heterocycles. The van der Waals surface area contributed by atoms with Crippen LogP contribution in [-0.2, 0) is 9.53 Å². The molecule has 2 unspecified atom stereocenters. The third-order valence-electron chi connectivity index (χ3n) is 6.19. The molecule has 5 nitrogen and oxygen atoms in total. The van der Waals surface area contributed by atoms with E-state index in [1.807, 2.05) is 24.5 Å². The quantitative estimate of drug-likeness (QED) is 0.154. The first-order chi connectivity index (χ1) is 18.7. The van der Waals surface area contributed by atoms with Crippen LogP contribution in [0.2, 0.25) is 5.02 Å². The van der Waals surface area contributed by atoms with Gasteiger partial charge < -0.3 is 9.64 Å². The van der Waals surface area contributed by atoms with Crippen molar-refractivity contribution >= 4 is 40.9 Å². The van der Waals surface area contributed by atoms with Gasteiger partial charge in [0.15, 0.2) is 0 Å². The van der Waals surface area contributed by atoms with Crippen molar-refractivity contribution in [3.63, 3.8) is 0 Å². The van der Waals surface area contributed by atoms with Crippen LogP contribution in [0.5, 0.6) is 0 Å². The Balaban J connectivity index is 2.19. The summed E-state index contributed by atoms with van der Waals surface area (Å²) in [5.74, 6) is -0.182. The summed E-state index contributed by atoms with van der Waals surface area (Å²) in [4.78, 5) is 24.5. The minimum Gasteiger partial charge on any atom is -0.463 e. The summed E-state index contributed by atoms with van der Waals surface area (Å²) in [7, 11) is 1.67. The molecule has 0 N–H and O–H groups in total. The first-order valence-electron chi connectivity index (χ1n) is 12.8. The lowest BCUT2D eigenvalue weighted by Gasteiger charge is -2.34. The largest absolute Gasteiger partial charge is 0.463 e. The molecule has 0 saturated carbocycles. The van der Waals surface area contributed by atoms with Gasteiger partial charge >= 0.3 is 5.97 Å². The van der Waals surface area contributed by atoms with Gasteiger partial charge in [-0.15, -0.1) is 0 Å². The second-order valence-electron chi connectivity index (χ2n) is 9.11. The number of benzene rings is 1. The fourth-order valence-corrected chi connectivity index (χ4v) is 5.34. The number of halogens is 3. The Morgan fingerprint density at radius 1 is 1.41 bits per heavy atom. The Hall–Kier alpha value is -2.97. The van der Waals surface area contributed by atoms with Crippen LogP contribution in [0.15, 0.2) is 86.7 Å². The summed E-state index contributed by atoms with van der Waals surface area (Å²) in [5, 5.41) is 2.17. The van der Waals surface area contributed by atoms with Crippen molar-refractivity contribution in [3.05, 3.63) is 93.1 Å². The average molecular weight is 574 g/mol. The lowest BCUT2D eigenvalue weighted by atomic mass is 9.90. The molecular weight excluding hydrogens is 540 g/mol. The number of esters is 1. The van der Waals surface area contributed by atoms with Crippen LogP contribution in [0, 0.1) is 11.7 Å². The predicted molar refractivity (Wildman–Crippen MR) is 158 cm³/mol. The van der Waals surface area contributed by atoms with Gasteiger partial charge in [0.1, 0.15) is 23.9 Å². The molecule has 3 rings (SSSR count). The molecule has 208 valence electrons. The van der Waals surface area contributed by atoms with Crippen LogP contribution < -0.4 is 0 Å². The summed E-state index contributed by atoms with van der Waals surface area (Å²) >= 11 is 8.02. The molecule has 39 heavy (non-hydrogen) atoms. The summed E-state index contributed by atoms with van der Waals surface area (Å²) in [5.41, 5.74) is 3.00. The number of carbonyl (C=O) groups is 1. The maximum absolute atomic E-state index is 14.0. The first kappa shape index (κ1) is 30.6. The maximum Gasteiger partial charge on any atom is 0.330 e. The van der Waals surface area contributed by atoms with E-state index in [4.69, 9.17) is 21.3 Å². The fraction of sp³-hybridized carbons (Fsp3) is 0.367. The van der Waals surface area contributed by atoms with Crippen LogP contribution in [0.1, 0.15) is 45.2 Å². The maximum atomic E-state index is 14.0. The van der Waals surface area contributed by atoms with Crippen molar-refractivity contribution < 1.29 is 18.3 Å². The number of thioether (sulfide) groups is 1. The number of nitrogens with zero attached hydrogens (tertiary/aromatic N) is 3. The number of aliphatic imine (C=N–C) groups is 2. The van der Waals surface area contributed by atoms with Gasteiger partial charge in [0.2, 0.25) is 0 Å². The third-order valence-corrected chi connectivity index (χ3v) is 7.39. The van der Waals surface area contributed by atoms with Gasteiger partial charge in [-0.05, 0) is 57.2 Å². The number of hydrogen-bond donors (Lipinski definition) is 0. The van der Waals surface area contributed by atoms with Gasteiger partial charge in [-0.2, -0.15) is 0 Å². The van der Waals surface area contributed by atoms with Gasteiger partial charge in [0, 0.05) is 52.3 Å². The van der Waals surface area contributed by atoms with Gasteiger partial charge in [-0.3, -0.25) is 9.98 Å². The van der Waals surface area contributed by atoms with E-state index in [0.29, 0.717) is 36.7 Å². The molecule has 1 aromatic carbocycles. The molecule has 0 spiro atoms. The number of allylic oxidation sites excluding steroid dienone is 4. The standard InChI is InChI=1S/C30H34ClF2N3O2S/c1-6-15-39-20(4)30-35-29(23-13-12-22(33)17-24(23)31)28(25(34-5)10-8-9-19(3)32)26-16-21(18-36(26)30)11-14-27(37)38-7-2/h6,8,10-15,17,19,21,29H,4,7,9,16,18H2,1-3,5H3/b10-8-,14-11+,15-6-,34-25+/t19?,21?,29-/m0/s1. The lowest BCUT2D eigenvalue weighted by Crippen LogP contribution is -2.34. The Morgan fingerprint density at radius 3 is 2.82 bits per heavy atom. The van der Waals surface area contributed by atoms with Crippen molar-refractivity contribution in [1.82, 2.24) is 4.90 Å². The molecule has 1 saturated heterocycles. The molecule has 3 atom stereocenters. The van der Waals surface area contributed by atoms with Crippen molar-refractivity contribution in [1.29, 1.82) is 0 Å². The molecule has 1 aromatic rings. The second kappa shape index (κ2) is 14.4. The number of hydrogen-bond acceptors (Lipinski definition) is 6. The smallest absolute Gasteiger partial charge is 0.330 e. The van der Waals surface area contributed by atoms with Gasteiger partial charge in [0.05, 0.1) is 12.3 Å². The topological polar surface area (TPSA) is 54.3 Å². The monoisotopic (exact) mass is 573 g/mol. The zero-order valence-electron chi connectivity index (χ0n) is 22.7. The highest BCUT2D eigenvalue weighted by Gasteiger charge is 2.39. The number of fused-ring (bicyclic) bond motifs is 1. The highest BCUT2D eigenvalue weighted by atomic mass is 35.5. The molecule has 0 bridgehead atoms. The van der Waals surface area contributed by atoms with E-state index in [-0.39, 0.29) is 17.4 Å². The number of rotatable bonds is 11. The van der Waals surface area contributed by atoms with E-state index >= 15 is 0 Å². The van der Waals surface area contributed by atoms with Crippen LogP contribution >= 0.6 is 23.4 Å². The van der Waals surface area contributed by atoms with Crippen molar-refractivity contribution in [3.8, 4) is 0 Å². The first-order valence-corrected chi connectivity index (χ1v) is 14.1. The average Bonchev–Trinajstić information content (AvgIpc) is 3.32. The van der Waals surface area contributed by atoms with E-state index in [1.165, 1.54) is 36.9 Å². The summed E-state index contributed by atoms with van der Waals surface area (Å²) in [6, 6.07) is 3.67. The molecule has 0 aromatic heterocycles. The third kappa shape index (κ3) is 7.79. The Morgan fingerprint density at radius 2 is 2.18 bits per heavy atom. The molecule has 2 aliphatic heterocycles. The number of alkyl halides is 1. The molecule has 0 radical (unpaired) electrons. The van der Waals surface area contributed by atoms with Crippen molar-refractivity contribution in [2.45, 2.75) is 45.8 Å². The molecule has 2 aliphatic rings. The Labute approximate surface area is 238 Å². The molecule has 0 aliphatic carbocycles. The molecule has 0 amide bonds. The van der Waals surface area contributed by atoms with Gasteiger partial charge in [-0.25, -0.2) is 13.6 Å². The SMILES string of the molecule is C=C(S/C=C\C)C1=N[C@@H](c2ccc(F)cc2Cl)C(C(/C=C\CC(C)F)=N/C)=C2CC(/C=C/C(=O)OCC)CN12. The van der Waals surface area contributed by atoms with Crippen LogP contribution in [0.4, 0.5) is 8.78 Å². The van der Waals surface area contributed by atoms with E-state index in [1.54, 1.807) is 32.2 Å². The highest BCUT2D eigenvalue weighted by molar-refractivity contribution is 8.06. The van der Waals surface area contributed by atoms with E-state index in [0.717, 1.165) is 16.2 Å². The minimum atomic E-state index is -0.998. The van der Waals surface area contributed by atoms with E-state index in [9.17, 15) is 13.6 Å². The number of amidine groups is 1.